The average molecular weight is 232 g/mol. The van der Waals surface area contributed by atoms with Crippen LogP contribution in [0.1, 0.15) is 27.7 Å². The molecule has 0 aromatic rings. The van der Waals surface area contributed by atoms with Gasteiger partial charge in [-0.3, -0.25) is 9.59 Å². The molecule has 1 heterocycles. The number of hydrogen-bond donors (Lipinski definition) is 0. The van der Waals surface area contributed by atoms with E-state index < -0.39 is 32.2 Å². The predicted molar refractivity (Wildman–Crippen MR) is 56.2 cm³/mol. The normalized spacial score (nSPS) is 28.5. The molecule has 15 heavy (non-hydrogen) atoms. The highest BCUT2D eigenvalue weighted by Crippen LogP contribution is 2.32. The van der Waals surface area contributed by atoms with Crippen molar-refractivity contribution in [3.63, 3.8) is 0 Å². The Hall–Kier alpha value is -0.710. The molecular formula is C10H16O4S. The van der Waals surface area contributed by atoms with Crippen molar-refractivity contribution in [3.05, 3.63) is 0 Å². The summed E-state index contributed by atoms with van der Waals surface area (Å²) in [5.74, 6) is -1.63. The van der Waals surface area contributed by atoms with Gasteiger partial charge in [0.15, 0.2) is 9.84 Å². The minimum absolute atomic E-state index is 0.242. The summed E-state index contributed by atoms with van der Waals surface area (Å²) >= 11 is 0. The minimum Gasteiger partial charge on any atom is -0.290 e. The fourth-order valence-electron chi connectivity index (χ4n) is 1.90. The van der Waals surface area contributed by atoms with Crippen LogP contribution in [0.3, 0.4) is 0 Å². The van der Waals surface area contributed by atoms with Crippen molar-refractivity contribution < 1.29 is 18.0 Å². The summed E-state index contributed by atoms with van der Waals surface area (Å²) in [4.78, 5) is 23.5. The van der Waals surface area contributed by atoms with Crippen LogP contribution in [-0.4, -0.2) is 31.5 Å². The fourth-order valence-corrected chi connectivity index (χ4v) is 4.46. The molecule has 0 unspecified atom stereocenters. The third kappa shape index (κ3) is 2.27. The predicted octanol–water partition coefficient (Wildman–Crippen LogP) is 0.605. The zero-order valence-electron chi connectivity index (χ0n) is 9.46. The van der Waals surface area contributed by atoms with Crippen molar-refractivity contribution in [3.8, 4) is 0 Å². The molecule has 0 atom stereocenters. The van der Waals surface area contributed by atoms with Gasteiger partial charge in [0.05, 0.1) is 11.5 Å². The smallest absolute Gasteiger partial charge is 0.205 e. The summed E-state index contributed by atoms with van der Waals surface area (Å²) in [6, 6.07) is 0. The molecule has 0 N–H and O–H groups in total. The maximum absolute atomic E-state index is 11.8. The number of sulfone groups is 1. The first-order valence-electron chi connectivity index (χ1n) is 4.78. The minimum atomic E-state index is -3.34. The fraction of sp³-hybridized carbons (Fsp3) is 0.800. The first-order chi connectivity index (χ1) is 6.48. The summed E-state index contributed by atoms with van der Waals surface area (Å²) in [6.45, 7) is 6.02. The number of hydrogen-bond acceptors (Lipinski definition) is 4. The van der Waals surface area contributed by atoms with E-state index in [9.17, 15) is 18.0 Å². The molecule has 86 valence electrons. The molecule has 0 saturated carbocycles. The van der Waals surface area contributed by atoms with Gasteiger partial charge in [0.2, 0.25) is 11.6 Å². The van der Waals surface area contributed by atoms with E-state index >= 15 is 0 Å². The average Bonchev–Trinajstić information content (AvgIpc) is 1.98. The first-order valence-corrected chi connectivity index (χ1v) is 6.60. The largest absolute Gasteiger partial charge is 0.290 e. The maximum Gasteiger partial charge on any atom is 0.205 e. The second-order valence-corrected chi connectivity index (χ2v) is 7.52. The third-order valence-electron chi connectivity index (χ3n) is 2.60. The Morgan fingerprint density at radius 1 is 0.867 bits per heavy atom. The highest BCUT2D eigenvalue weighted by Gasteiger charge is 2.48. The summed E-state index contributed by atoms with van der Waals surface area (Å²) in [5, 5.41) is 0. The number of ketones is 2. The van der Waals surface area contributed by atoms with Crippen LogP contribution in [0.5, 0.6) is 0 Å². The van der Waals surface area contributed by atoms with Crippen LogP contribution >= 0.6 is 0 Å². The summed E-state index contributed by atoms with van der Waals surface area (Å²) < 4.78 is 23.4. The lowest BCUT2D eigenvalue weighted by molar-refractivity contribution is -0.144. The molecule has 0 aliphatic carbocycles. The van der Waals surface area contributed by atoms with Crippen LogP contribution in [0.25, 0.3) is 0 Å². The molecule has 0 radical (unpaired) electrons. The van der Waals surface area contributed by atoms with E-state index in [4.69, 9.17) is 0 Å². The zero-order chi connectivity index (χ0) is 12.1. The molecule has 1 fully saturated rings. The van der Waals surface area contributed by atoms with E-state index in [-0.39, 0.29) is 11.5 Å². The van der Waals surface area contributed by atoms with E-state index in [0.717, 1.165) is 0 Å². The lowest BCUT2D eigenvalue weighted by Gasteiger charge is -2.20. The highest BCUT2D eigenvalue weighted by molar-refractivity contribution is 7.91. The molecule has 1 rings (SSSR count). The molecular weight excluding hydrogens is 216 g/mol. The van der Waals surface area contributed by atoms with E-state index in [2.05, 4.69) is 0 Å². The van der Waals surface area contributed by atoms with Gasteiger partial charge in [-0.25, -0.2) is 8.42 Å². The van der Waals surface area contributed by atoms with Crippen molar-refractivity contribution in [1.82, 2.24) is 0 Å². The van der Waals surface area contributed by atoms with Crippen LogP contribution in [0.15, 0.2) is 0 Å². The van der Waals surface area contributed by atoms with Crippen LogP contribution < -0.4 is 0 Å². The second-order valence-electron chi connectivity index (χ2n) is 5.46. The number of rotatable bonds is 0. The number of Topliss-reactive ketones (excluding diaryl/α,β-unsaturated/α-hetero) is 2. The molecule has 4 nitrogen and oxygen atoms in total. The van der Waals surface area contributed by atoms with Crippen molar-refractivity contribution in [2.45, 2.75) is 27.7 Å². The van der Waals surface area contributed by atoms with Gasteiger partial charge < -0.3 is 0 Å². The second kappa shape index (κ2) is 3.14. The van der Waals surface area contributed by atoms with Crippen molar-refractivity contribution in [2.75, 3.05) is 11.5 Å². The van der Waals surface area contributed by atoms with Crippen molar-refractivity contribution in [2.24, 2.45) is 10.8 Å². The lowest BCUT2D eigenvalue weighted by atomic mass is 9.79. The summed E-state index contributed by atoms with van der Waals surface area (Å²) in [7, 11) is -3.34. The molecule has 0 aromatic heterocycles. The van der Waals surface area contributed by atoms with E-state index in [1.807, 2.05) is 0 Å². The first kappa shape index (κ1) is 12.4. The molecule has 1 saturated heterocycles. The molecule has 0 aromatic carbocycles. The summed E-state index contributed by atoms with van der Waals surface area (Å²) in [6.07, 6.45) is 0. The van der Waals surface area contributed by atoms with Gasteiger partial charge in [0, 0.05) is 10.8 Å². The van der Waals surface area contributed by atoms with E-state index in [0.29, 0.717) is 0 Å². The molecule has 1 aliphatic heterocycles. The Labute approximate surface area is 90.0 Å². The Morgan fingerprint density at radius 3 is 1.40 bits per heavy atom. The van der Waals surface area contributed by atoms with Gasteiger partial charge in [-0.1, -0.05) is 27.7 Å². The van der Waals surface area contributed by atoms with Crippen LogP contribution in [0, 0.1) is 10.8 Å². The van der Waals surface area contributed by atoms with E-state index in [1.165, 1.54) is 27.7 Å². The van der Waals surface area contributed by atoms with E-state index in [1.54, 1.807) is 0 Å². The molecule has 5 heteroatoms. The van der Waals surface area contributed by atoms with Gasteiger partial charge in [-0.15, -0.1) is 0 Å². The maximum atomic E-state index is 11.8. The Kier molecular flexibility index (Phi) is 2.59. The Morgan fingerprint density at radius 2 is 1.13 bits per heavy atom. The zero-order valence-corrected chi connectivity index (χ0v) is 10.3. The Balaban J connectivity index is 3.34. The molecule has 0 spiro atoms. The molecule has 1 aliphatic rings. The quantitative estimate of drug-likeness (QED) is 0.574. The highest BCUT2D eigenvalue weighted by atomic mass is 32.2. The van der Waals surface area contributed by atoms with Crippen molar-refractivity contribution in [1.29, 1.82) is 0 Å². The van der Waals surface area contributed by atoms with Gasteiger partial charge in [-0.05, 0) is 0 Å². The lowest BCUT2D eigenvalue weighted by Crippen LogP contribution is -2.38. The monoisotopic (exact) mass is 232 g/mol. The molecule has 0 bridgehead atoms. The SMILES string of the molecule is CC1(C)CS(=O)(=O)CC(C)(C)C(=O)C1=O. The van der Waals surface area contributed by atoms with Crippen LogP contribution in [0.2, 0.25) is 0 Å². The van der Waals surface area contributed by atoms with Gasteiger partial charge >= 0.3 is 0 Å². The third-order valence-corrected chi connectivity index (χ3v) is 4.92. The topological polar surface area (TPSA) is 68.3 Å². The van der Waals surface area contributed by atoms with Gasteiger partial charge in [0.1, 0.15) is 0 Å². The van der Waals surface area contributed by atoms with Crippen LogP contribution in [0.4, 0.5) is 0 Å². The standard InChI is InChI=1S/C10H16O4S/c1-9(2)5-15(13,14)6-10(3,4)8(12)7(9)11/h5-6H2,1-4H3. The molecule has 0 amide bonds. The number of carbonyl (C=O) groups is 2. The van der Waals surface area contributed by atoms with Crippen LogP contribution in [-0.2, 0) is 19.4 Å². The van der Waals surface area contributed by atoms with Gasteiger partial charge in [0.25, 0.3) is 0 Å². The Bertz CT molecular complexity index is 381. The van der Waals surface area contributed by atoms with Crippen molar-refractivity contribution >= 4 is 21.4 Å². The van der Waals surface area contributed by atoms with Gasteiger partial charge in [-0.2, -0.15) is 0 Å². The number of carbonyl (C=O) groups excluding carboxylic acids is 2. The summed E-state index contributed by atoms with van der Waals surface area (Å²) in [5.41, 5.74) is -2.19.